The zero-order chi connectivity index (χ0) is 19.5. The van der Waals surface area contributed by atoms with Crippen LogP contribution in [0.15, 0.2) is 49.1 Å². The fourth-order valence-corrected chi connectivity index (χ4v) is 3.62. The molecule has 1 fully saturated rings. The SMILES string of the molecule is O=C(Nc1cccc(Cl)c1Cl)C1CCCN(c2cc(-n3cccn3)ncn2)C1. The molecule has 28 heavy (non-hydrogen) atoms. The van der Waals surface area contributed by atoms with Gasteiger partial charge in [-0.2, -0.15) is 5.10 Å². The zero-order valence-corrected chi connectivity index (χ0v) is 16.4. The summed E-state index contributed by atoms with van der Waals surface area (Å²) < 4.78 is 1.68. The molecule has 1 aliphatic rings. The minimum atomic E-state index is -0.174. The van der Waals surface area contributed by atoms with Crippen molar-refractivity contribution in [3.8, 4) is 5.82 Å². The van der Waals surface area contributed by atoms with Crippen molar-refractivity contribution in [3.63, 3.8) is 0 Å². The van der Waals surface area contributed by atoms with Crippen molar-refractivity contribution in [1.82, 2.24) is 19.7 Å². The van der Waals surface area contributed by atoms with Crippen LogP contribution in [-0.2, 0) is 4.79 Å². The third-order valence-corrected chi connectivity index (χ3v) is 5.52. The summed E-state index contributed by atoms with van der Waals surface area (Å²) >= 11 is 12.2. The number of nitrogens with one attached hydrogen (secondary N) is 1. The minimum Gasteiger partial charge on any atom is -0.356 e. The topological polar surface area (TPSA) is 75.9 Å². The molecule has 1 saturated heterocycles. The number of halogens is 2. The standard InChI is InChI=1S/C19H18Cl2N6O/c20-14-5-1-6-15(18(14)21)25-19(28)13-4-2-8-26(11-13)16-10-17(23-12-22-16)27-9-3-7-24-27/h1,3,5-7,9-10,12-13H,2,4,8,11H2,(H,25,28). The summed E-state index contributed by atoms with van der Waals surface area (Å²) in [5.74, 6) is 1.22. The van der Waals surface area contributed by atoms with E-state index < -0.39 is 0 Å². The Kier molecular flexibility index (Phi) is 5.45. The van der Waals surface area contributed by atoms with E-state index in [1.807, 2.05) is 18.3 Å². The van der Waals surface area contributed by atoms with E-state index in [0.717, 1.165) is 25.2 Å². The second-order valence-corrected chi connectivity index (χ2v) is 7.35. The maximum absolute atomic E-state index is 12.8. The van der Waals surface area contributed by atoms with Crippen LogP contribution in [0.5, 0.6) is 0 Å². The molecule has 4 rings (SSSR count). The number of carbonyl (C=O) groups excluding carboxylic acids is 1. The van der Waals surface area contributed by atoms with Gasteiger partial charge in [0.25, 0.3) is 0 Å². The molecule has 0 spiro atoms. The van der Waals surface area contributed by atoms with Gasteiger partial charge >= 0.3 is 0 Å². The van der Waals surface area contributed by atoms with Crippen molar-refractivity contribution in [1.29, 1.82) is 0 Å². The van der Waals surface area contributed by atoms with E-state index in [2.05, 4.69) is 25.3 Å². The largest absolute Gasteiger partial charge is 0.356 e. The van der Waals surface area contributed by atoms with Gasteiger partial charge in [0.2, 0.25) is 5.91 Å². The molecule has 144 valence electrons. The van der Waals surface area contributed by atoms with Crippen molar-refractivity contribution in [2.75, 3.05) is 23.3 Å². The van der Waals surface area contributed by atoms with Gasteiger partial charge in [-0.15, -0.1) is 0 Å². The summed E-state index contributed by atoms with van der Waals surface area (Å²) in [6.45, 7) is 1.40. The average Bonchev–Trinajstić information content (AvgIpc) is 3.27. The lowest BCUT2D eigenvalue weighted by Gasteiger charge is -2.33. The highest BCUT2D eigenvalue weighted by Gasteiger charge is 2.27. The first-order valence-corrected chi connectivity index (χ1v) is 9.69. The fraction of sp³-hybridized carbons (Fsp3) is 0.263. The normalized spacial score (nSPS) is 16.8. The number of hydrogen-bond acceptors (Lipinski definition) is 5. The summed E-state index contributed by atoms with van der Waals surface area (Å²) in [6.07, 6.45) is 6.74. The molecule has 0 saturated carbocycles. The Hall–Kier alpha value is -2.64. The zero-order valence-electron chi connectivity index (χ0n) is 14.9. The van der Waals surface area contributed by atoms with Crippen LogP contribution in [0.1, 0.15) is 12.8 Å². The molecule has 1 N–H and O–H groups in total. The first kappa shape index (κ1) is 18.7. The molecule has 9 heteroatoms. The van der Waals surface area contributed by atoms with E-state index in [9.17, 15) is 4.79 Å². The van der Waals surface area contributed by atoms with Gasteiger partial charge in [-0.05, 0) is 31.0 Å². The lowest BCUT2D eigenvalue weighted by molar-refractivity contribution is -0.120. The minimum absolute atomic E-state index is 0.0739. The number of amides is 1. The molecule has 3 aromatic rings. The molecule has 0 bridgehead atoms. The fourth-order valence-electron chi connectivity index (χ4n) is 3.27. The molecule has 0 radical (unpaired) electrons. The molecular weight excluding hydrogens is 399 g/mol. The Labute approximate surface area is 172 Å². The van der Waals surface area contributed by atoms with Crippen LogP contribution in [0.3, 0.4) is 0 Å². The Morgan fingerprint density at radius 1 is 1.18 bits per heavy atom. The molecule has 1 atom stereocenters. The van der Waals surface area contributed by atoms with Gasteiger partial charge in [-0.1, -0.05) is 29.3 Å². The number of carbonyl (C=O) groups is 1. The van der Waals surface area contributed by atoms with Crippen molar-refractivity contribution < 1.29 is 4.79 Å². The van der Waals surface area contributed by atoms with Gasteiger partial charge in [-0.3, -0.25) is 4.79 Å². The van der Waals surface area contributed by atoms with Crippen LogP contribution in [-0.4, -0.2) is 38.7 Å². The molecule has 1 aliphatic heterocycles. The van der Waals surface area contributed by atoms with Crippen LogP contribution in [0.2, 0.25) is 10.0 Å². The number of aromatic nitrogens is 4. The number of rotatable bonds is 4. The lowest BCUT2D eigenvalue weighted by atomic mass is 9.97. The molecule has 2 aromatic heterocycles. The number of anilines is 2. The first-order chi connectivity index (χ1) is 13.6. The molecule has 3 heterocycles. The monoisotopic (exact) mass is 416 g/mol. The van der Waals surface area contributed by atoms with Crippen LogP contribution < -0.4 is 10.2 Å². The van der Waals surface area contributed by atoms with Gasteiger partial charge in [0, 0.05) is 31.5 Å². The average molecular weight is 417 g/mol. The third kappa shape index (κ3) is 3.95. The van der Waals surface area contributed by atoms with E-state index in [-0.39, 0.29) is 11.8 Å². The highest BCUT2D eigenvalue weighted by atomic mass is 35.5. The van der Waals surface area contributed by atoms with Gasteiger partial charge in [0.1, 0.15) is 12.1 Å². The highest BCUT2D eigenvalue weighted by Crippen LogP contribution is 2.31. The second-order valence-electron chi connectivity index (χ2n) is 6.56. The predicted octanol–water partition coefficient (Wildman–Crippen LogP) is 3.82. The van der Waals surface area contributed by atoms with Crippen molar-refractivity contribution in [3.05, 3.63) is 59.1 Å². The summed E-state index contributed by atoms with van der Waals surface area (Å²) in [5.41, 5.74) is 0.527. The van der Waals surface area contributed by atoms with Crippen LogP contribution >= 0.6 is 23.2 Å². The summed E-state index contributed by atoms with van der Waals surface area (Å²) in [4.78, 5) is 23.5. The summed E-state index contributed by atoms with van der Waals surface area (Å²) in [6, 6.07) is 8.90. The molecule has 1 amide bonds. The Bertz CT molecular complexity index is 978. The van der Waals surface area contributed by atoms with Gasteiger partial charge in [0.05, 0.1) is 21.7 Å². The van der Waals surface area contributed by atoms with E-state index in [4.69, 9.17) is 23.2 Å². The van der Waals surface area contributed by atoms with Crippen LogP contribution in [0, 0.1) is 5.92 Å². The molecule has 1 aromatic carbocycles. The van der Waals surface area contributed by atoms with Crippen molar-refractivity contribution in [2.24, 2.45) is 5.92 Å². The first-order valence-electron chi connectivity index (χ1n) is 8.93. The maximum atomic E-state index is 12.8. The van der Waals surface area contributed by atoms with E-state index in [1.54, 1.807) is 29.1 Å². The number of piperidine rings is 1. The predicted molar refractivity (Wildman–Crippen MR) is 109 cm³/mol. The molecular formula is C19H18Cl2N6O. The van der Waals surface area contributed by atoms with Gasteiger partial charge in [-0.25, -0.2) is 14.6 Å². The van der Waals surface area contributed by atoms with Crippen LogP contribution in [0.4, 0.5) is 11.5 Å². The second kappa shape index (κ2) is 8.16. The van der Waals surface area contributed by atoms with E-state index in [0.29, 0.717) is 28.1 Å². The Morgan fingerprint density at radius 3 is 2.86 bits per heavy atom. The molecule has 7 nitrogen and oxygen atoms in total. The third-order valence-electron chi connectivity index (χ3n) is 4.70. The van der Waals surface area contributed by atoms with E-state index >= 15 is 0 Å². The van der Waals surface area contributed by atoms with Crippen LogP contribution in [0.25, 0.3) is 5.82 Å². The van der Waals surface area contributed by atoms with Crippen molar-refractivity contribution in [2.45, 2.75) is 12.8 Å². The quantitative estimate of drug-likeness (QED) is 0.699. The number of hydrogen-bond donors (Lipinski definition) is 1. The van der Waals surface area contributed by atoms with Gasteiger partial charge < -0.3 is 10.2 Å². The Balaban J connectivity index is 1.48. The summed E-state index contributed by atoms with van der Waals surface area (Å²) in [5, 5.41) is 7.86. The number of benzene rings is 1. The highest BCUT2D eigenvalue weighted by molar-refractivity contribution is 6.44. The number of nitrogens with zero attached hydrogens (tertiary/aromatic N) is 5. The van der Waals surface area contributed by atoms with E-state index in [1.165, 1.54) is 6.33 Å². The molecule has 0 aliphatic carbocycles. The molecule has 1 unspecified atom stereocenters. The Morgan fingerprint density at radius 2 is 2.04 bits per heavy atom. The smallest absolute Gasteiger partial charge is 0.229 e. The lowest BCUT2D eigenvalue weighted by Crippen LogP contribution is -2.41. The van der Waals surface area contributed by atoms with Gasteiger partial charge in [0.15, 0.2) is 5.82 Å². The summed E-state index contributed by atoms with van der Waals surface area (Å²) in [7, 11) is 0. The maximum Gasteiger partial charge on any atom is 0.229 e. The van der Waals surface area contributed by atoms with Crippen molar-refractivity contribution >= 4 is 40.6 Å².